The molecule has 5 heteroatoms. The second kappa shape index (κ2) is 4.67. The minimum Gasteiger partial charge on any atom is -0.445 e. The first-order valence-corrected chi connectivity index (χ1v) is 4.52. The molecule has 13 heavy (non-hydrogen) atoms. The van der Waals surface area contributed by atoms with Crippen LogP contribution in [-0.2, 0) is 4.74 Å². The van der Waals surface area contributed by atoms with Crippen LogP contribution in [0.25, 0.3) is 0 Å². The molecule has 0 aromatic heterocycles. The summed E-state index contributed by atoms with van der Waals surface area (Å²) in [5.74, 6) is 0. The highest BCUT2D eigenvalue weighted by molar-refractivity contribution is 5.85. The largest absolute Gasteiger partial charge is 0.445 e. The molecule has 1 unspecified atom stereocenters. The Hall–Kier alpha value is -0.480. The van der Waals surface area contributed by atoms with E-state index in [1.165, 1.54) is 0 Å². The Kier molecular flexibility index (Phi) is 3.81. The number of hydrogen-bond acceptors (Lipinski definition) is 3. The van der Waals surface area contributed by atoms with Crippen LogP contribution in [0.1, 0.15) is 19.3 Å². The van der Waals surface area contributed by atoms with Gasteiger partial charge in [-0.2, -0.15) is 0 Å². The van der Waals surface area contributed by atoms with E-state index in [1.807, 2.05) is 0 Å². The Morgan fingerprint density at radius 2 is 2.15 bits per heavy atom. The average molecular weight is 207 g/mol. The summed E-state index contributed by atoms with van der Waals surface area (Å²) < 4.78 is 5.15. The van der Waals surface area contributed by atoms with E-state index in [-0.39, 0.29) is 24.6 Å². The summed E-state index contributed by atoms with van der Waals surface area (Å²) in [4.78, 5) is 11.1. The molecule has 0 bridgehead atoms. The number of amides is 1. The van der Waals surface area contributed by atoms with E-state index in [1.54, 1.807) is 0 Å². The van der Waals surface area contributed by atoms with Crippen LogP contribution in [0.4, 0.5) is 4.79 Å². The predicted molar refractivity (Wildman–Crippen MR) is 51.2 cm³/mol. The van der Waals surface area contributed by atoms with E-state index >= 15 is 0 Å². The van der Waals surface area contributed by atoms with Crippen LogP contribution in [0.5, 0.6) is 0 Å². The molecule has 1 saturated heterocycles. The Labute approximate surface area is 83.8 Å². The number of rotatable bonds is 2. The highest BCUT2D eigenvalue weighted by Crippen LogP contribution is 2.18. The van der Waals surface area contributed by atoms with E-state index in [4.69, 9.17) is 4.74 Å². The lowest BCUT2D eigenvalue weighted by Gasteiger charge is -2.10. The molecule has 1 aliphatic heterocycles. The summed E-state index contributed by atoms with van der Waals surface area (Å²) in [7, 11) is 0. The molecule has 1 aliphatic carbocycles. The fraction of sp³-hybridized carbons (Fsp3) is 0.875. The monoisotopic (exact) mass is 206 g/mol. The van der Waals surface area contributed by atoms with Crippen molar-refractivity contribution >= 4 is 18.5 Å². The lowest BCUT2D eigenvalue weighted by molar-refractivity contribution is 0.107. The molecule has 76 valence electrons. The van der Waals surface area contributed by atoms with Gasteiger partial charge in [0.15, 0.2) is 0 Å². The van der Waals surface area contributed by atoms with Gasteiger partial charge in [-0.25, -0.2) is 4.79 Å². The van der Waals surface area contributed by atoms with Gasteiger partial charge in [-0.1, -0.05) is 0 Å². The van der Waals surface area contributed by atoms with Gasteiger partial charge in [-0.3, -0.25) is 0 Å². The van der Waals surface area contributed by atoms with Gasteiger partial charge in [0, 0.05) is 12.6 Å². The summed E-state index contributed by atoms with van der Waals surface area (Å²) in [6.45, 7) is 1.76. The van der Waals surface area contributed by atoms with E-state index < -0.39 is 0 Å². The molecular formula is C8H15ClN2O2. The van der Waals surface area contributed by atoms with Gasteiger partial charge in [0.25, 0.3) is 0 Å². The predicted octanol–water partition coefficient (Wildman–Crippen LogP) is 0.659. The van der Waals surface area contributed by atoms with Crippen LogP contribution >= 0.6 is 12.4 Å². The fourth-order valence-electron chi connectivity index (χ4n) is 1.31. The first-order valence-electron chi connectivity index (χ1n) is 4.52. The third-order valence-corrected chi connectivity index (χ3v) is 2.19. The fourth-order valence-corrected chi connectivity index (χ4v) is 1.31. The van der Waals surface area contributed by atoms with Crippen molar-refractivity contribution in [1.29, 1.82) is 0 Å². The van der Waals surface area contributed by atoms with Crippen molar-refractivity contribution in [2.24, 2.45) is 0 Å². The van der Waals surface area contributed by atoms with Gasteiger partial charge in [-0.15, -0.1) is 12.4 Å². The third-order valence-electron chi connectivity index (χ3n) is 2.19. The van der Waals surface area contributed by atoms with E-state index in [0.717, 1.165) is 32.4 Å². The van der Waals surface area contributed by atoms with Gasteiger partial charge in [0.2, 0.25) is 0 Å². The third kappa shape index (κ3) is 3.40. The number of nitrogens with one attached hydrogen (secondary N) is 2. The highest BCUT2D eigenvalue weighted by atomic mass is 35.5. The number of alkyl carbamates (subject to hydrolysis) is 1. The zero-order chi connectivity index (χ0) is 8.39. The van der Waals surface area contributed by atoms with Crippen molar-refractivity contribution in [1.82, 2.24) is 10.6 Å². The average Bonchev–Trinajstić information content (AvgIpc) is 2.66. The topological polar surface area (TPSA) is 50.4 Å². The van der Waals surface area contributed by atoms with Crippen molar-refractivity contribution in [3.8, 4) is 0 Å². The first kappa shape index (κ1) is 10.6. The molecule has 0 aromatic carbocycles. The molecule has 0 spiro atoms. The zero-order valence-corrected chi connectivity index (χ0v) is 8.23. The molecule has 2 N–H and O–H groups in total. The molecule has 4 nitrogen and oxygen atoms in total. The highest BCUT2D eigenvalue weighted by Gasteiger charge is 2.26. The van der Waals surface area contributed by atoms with E-state index in [2.05, 4.69) is 10.6 Å². The molecule has 1 heterocycles. The summed E-state index contributed by atoms with van der Waals surface area (Å²) >= 11 is 0. The molecule has 0 aromatic rings. The Morgan fingerprint density at radius 1 is 1.38 bits per heavy atom. The van der Waals surface area contributed by atoms with Crippen molar-refractivity contribution in [3.63, 3.8) is 0 Å². The van der Waals surface area contributed by atoms with E-state index in [0.29, 0.717) is 6.04 Å². The van der Waals surface area contributed by atoms with Crippen molar-refractivity contribution in [2.75, 3.05) is 13.1 Å². The molecule has 1 atom stereocenters. The van der Waals surface area contributed by atoms with Gasteiger partial charge in [0.1, 0.15) is 6.10 Å². The van der Waals surface area contributed by atoms with Gasteiger partial charge < -0.3 is 15.4 Å². The summed E-state index contributed by atoms with van der Waals surface area (Å²) in [5.41, 5.74) is 0. The Morgan fingerprint density at radius 3 is 2.69 bits per heavy atom. The lowest BCUT2D eigenvalue weighted by Crippen LogP contribution is -2.31. The first-order chi connectivity index (χ1) is 5.84. The van der Waals surface area contributed by atoms with E-state index in [9.17, 15) is 4.79 Å². The number of hydrogen-bond donors (Lipinski definition) is 2. The van der Waals surface area contributed by atoms with Gasteiger partial charge in [-0.05, 0) is 25.8 Å². The Balaban J connectivity index is 0.000000845. The summed E-state index contributed by atoms with van der Waals surface area (Å²) in [6, 6.07) is 0.395. The normalized spacial score (nSPS) is 26.3. The van der Waals surface area contributed by atoms with Crippen molar-refractivity contribution in [3.05, 3.63) is 0 Å². The van der Waals surface area contributed by atoms with Crippen molar-refractivity contribution < 1.29 is 9.53 Å². The zero-order valence-electron chi connectivity index (χ0n) is 7.41. The maximum atomic E-state index is 11.1. The SMILES string of the molecule is Cl.O=C(NC1CC1)OC1CCNC1. The second-order valence-corrected chi connectivity index (χ2v) is 3.44. The van der Waals surface area contributed by atoms with Crippen LogP contribution in [0.15, 0.2) is 0 Å². The molecule has 1 amide bonds. The number of halogens is 1. The van der Waals surface area contributed by atoms with Gasteiger partial charge in [0.05, 0.1) is 0 Å². The minimum absolute atomic E-state index is 0. The standard InChI is InChI=1S/C8H14N2O2.ClH/c11-8(10-6-1-2-6)12-7-3-4-9-5-7;/h6-7,9H,1-5H2,(H,10,11);1H. The van der Waals surface area contributed by atoms with Crippen LogP contribution in [0.3, 0.4) is 0 Å². The summed E-state index contributed by atoms with van der Waals surface area (Å²) in [5, 5.41) is 5.93. The Bertz CT molecular complexity index is 179. The number of ether oxygens (including phenoxy) is 1. The molecule has 1 saturated carbocycles. The lowest BCUT2D eigenvalue weighted by atomic mass is 10.3. The maximum Gasteiger partial charge on any atom is 0.407 e. The van der Waals surface area contributed by atoms with Gasteiger partial charge >= 0.3 is 6.09 Å². The molecular weight excluding hydrogens is 192 g/mol. The van der Waals surface area contributed by atoms with Crippen LogP contribution in [0, 0.1) is 0 Å². The molecule has 0 radical (unpaired) electrons. The maximum absolute atomic E-state index is 11.1. The quantitative estimate of drug-likeness (QED) is 0.698. The second-order valence-electron chi connectivity index (χ2n) is 3.44. The summed E-state index contributed by atoms with van der Waals surface area (Å²) in [6.07, 6.45) is 3.00. The van der Waals surface area contributed by atoms with Crippen LogP contribution in [0.2, 0.25) is 0 Å². The molecule has 2 fully saturated rings. The van der Waals surface area contributed by atoms with Crippen LogP contribution < -0.4 is 10.6 Å². The van der Waals surface area contributed by atoms with Crippen LogP contribution in [-0.4, -0.2) is 31.3 Å². The molecule has 2 rings (SSSR count). The molecule has 2 aliphatic rings. The minimum atomic E-state index is -0.244. The van der Waals surface area contributed by atoms with Crippen molar-refractivity contribution in [2.45, 2.75) is 31.4 Å². The smallest absolute Gasteiger partial charge is 0.407 e. The number of carbonyl (C=O) groups excluding carboxylic acids is 1. The number of carbonyl (C=O) groups is 1.